The van der Waals surface area contributed by atoms with Crippen molar-refractivity contribution in [2.24, 2.45) is 29.6 Å². The van der Waals surface area contributed by atoms with Crippen molar-refractivity contribution in [3.63, 3.8) is 0 Å². The minimum absolute atomic E-state index is 0.558. The minimum atomic E-state index is 0.558. The first-order chi connectivity index (χ1) is 12.3. The van der Waals surface area contributed by atoms with Gasteiger partial charge in [0.15, 0.2) is 0 Å². The molecular formula is C23H39ClO. The number of hydrogen-bond donors (Lipinski definition) is 0. The zero-order valence-electron chi connectivity index (χ0n) is 16.3. The molecular weight excluding hydrogens is 328 g/mol. The molecule has 0 spiro atoms. The van der Waals surface area contributed by atoms with Crippen LogP contribution in [-0.4, -0.2) is 13.2 Å². The van der Waals surface area contributed by atoms with E-state index in [0.717, 1.165) is 29.6 Å². The van der Waals surface area contributed by atoms with Gasteiger partial charge in [-0.1, -0.05) is 30.5 Å². The molecule has 0 bridgehead atoms. The first kappa shape index (κ1) is 19.7. The normalized spacial score (nSPS) is 40.4. The minimum Gasteiger partial charge on any atom is -0.381 e. The molecule has 3 aliphatic rings. The Bertz CT molecular complexity index is 383. The van der Waals surface area contributed by atoms with Gasteiger partial charge in [0.1, 0.15) is 0 Å². The number of rotatable bonds is 6. The molecule has 0 N–H and O–H groups in total. The van der Waals surface area contributed by atoms with Crippen molar-refractivity contribution >= 4 is 11.6 Å². The third-order valence-corrected chi connectivity index (χ3v) is 8.10. The third kappa shape index (κ3) is 5.73. The Labute approximate surface area is 160 Å². The van der Waals surface area contributed by atoms with Gasteiger partial charge in [-0.25, -0.2) is 0 Å². The zero-order valence-corrected chi connectivity index (χ0v) is 17.1. The van der Waals surface area contributed by atoms with Crippen molar-refractivity contribution in [2.45, 2.75) is 96.0 Å². The van der Waals surface area contributed by atoms with Crippen LogP contribution in [0.5, 0.6) is 0 Å². The lowest BCUT2D eigenvalue weighted by Gasteiger charge is -2.41. The fourth-order valence-corrected chi connectivity index (χ4v) is 6.35. The van der Waals surface area contributed by atoms with E-state index in [2.05, 4.69) is 6.08 Å². The third-order valence-electron chi connectivity index (χ3n) is 7.92. The maximum Gasteiger partial charge on any atom is 0.0571 e. The Morgan fingerprint density at radius 1 is 0.720 bits per heavy atom. The lowest BCUT2D eigenvalue weighted by molar-refractivity contribution is 0.0355. The van der Waals surface area contributed by atoms with Gasteiger partial charge in [-0.15, -0.1) is 0 Å². The monoisotopic (exact) mass is 366 g/mol. The fourth-order valence-electron chi connectivity index (χ4n) is 6.23. The summed E-state index contributed by atoms with van der Waals surface area (Å²) >= 11 is 5.64. The Morgan fingerprint density at radius 2 is 1.16 bits per heavy atom. The smallest absolute Gasteiger partial charge is 0.0571 e. The molecule has 0 aromatic carbocycles. The summed E-state index contributed by atoms with van der Waals surface area (Å²) in [7, 11) is 1.89. The standard InChI is InChI=1S/C23H39ClO/c1-25-23-15-13-22(14-16-23)21-11-9-20(10-12-21)19-7-5-18(6-8-19)4-2-3-17-24/h3,17-23H,2,4-16H2,1H3/b17-3+. The number of allylic oxidation sites excluding steroid dienone is 1. The van der Waals surface area contributed by atoms with Crippen LogP contribution < -0.4 is 0 Å². The first-order valence-corrected chi connectivity index (χ1v) is 11.5. The summed E-state index contributed by atoms with van der Waals surface area (Å²) < 4.78 is 5.55. The van der Waals surface area contributed by atoms with Crippen molar-refractivity contribution in [1.29, 1.82) is 0 Å². The molecule has 0 heterocycles. The van der Waals surface area contributed by atoms with Gasteiger partial charge in [0.05, 0.1) is 6.10 Å². The molecule has 3 aliphatic carbocycles. The van der Waals surface area contributed by atoms with E-state index in [0.29, 0.717) is 6.10 Å². The van der Waals surface area contributed by atoms with Crippen LogP contribution in [0.1, 0.15) is 89.9 Å². The van der Waals surface area contributed by atoms with Crippen molar-refractivity contribution in [3.05, 3.63) is 11.6 Å². The highest BCUT2D eigenvalue weighted by atomic mass is 35.5. The predicted molar refractivity (Wildman–Crippen MR) is 108 cm³/mol. The summed E-state index contributed by atoms with van der Waals surface area (Å²) in [6.45, 7) is 0. The molecule has 0 aliphatic heterocycles. The summed E-state index contributed by atoms with van der Waals surface area (Å²) in [4.78, 5) is 0. The van der Waals surface area contributed by atoms with Crippen molar-refractivity contribution in [1.82, 2.24) is 0 Å². The van der Waals surface area contributed by atoms with Gasteiger partial charge in [0.25, 0.3) is 0 Å². The molecule has 0 saturated heterocycles. The van der Waals surface area contributed by atoms with E-state index in [4.69, 9.17) is 16.3 Å². The second-order valence-corrected chi connectivity index (χ2v) is 9.42. The van der Waals surface area contributed by atoms with E-state index in [1.807, 2.05) is 7.11 Å². The SMILES string of the molecule is COC1CCC(C2CCC(C3CCC(CC/C=C/Cl)CC3)CC2)CC1. The van der Waals surface area contributed by atoms with E-state index < -0.39 is 0 Å². The average molecular weight is 367 g/mol. The molecule has 0 amide bonds. The molecule has 0 aromatic heterocycles. The quantitative estimate of drug-likeness (QED) is 0.477. The first-order valence-electron chi connectivity index (χ1n) is 11.1. The highest BCUT2D eigenvalue weighted by Crippen LogP contribution is 2.45. The van der Waals surface area contributed by atoms with Gasteiger partial charge in [-0.3, -0.25) is 0 Å². The van der Waals surface area contributed by atoms with Crippen LogP contribution in [0.25, 0.3) is 0 Å². The molecule has 3 saturated carbocycles. The summed E-state index contributed by atoms with van der Waals surface area (Å²) in [5.74, 6) is 5.11. The van der Waals surface area contributed by atoms with Gasteiger partial charge >= 0.3 is 0 Å². The van der Waals surface area contributed by atoms with Gasteiger partial charge < -0.3 is 4.74 Å². The summed E-state index contributed by atoms with van der Waals surface area (Å²) in [6, 6.07) is 0. The van der Waals surface area contributed by atoms with E-state index in [9.17, 15) is 0 Å². The Balaban J connectivity index is 1.34. The average Bonchev–Trinajstić information content (AvgIpc) is 2.69. The lowest BCUT2D eigenvalue weighted by atomic mass is 9.65. The molecule has 3 rings (SSSR count). The van der Waals surface area contributed by atoms with Crippen molar-refractivity contribution in [3.8, 4) is 0 Å². The van der Waals surface area contributed by atoms with Crippen LogP contribution in [0, 0.1) is 29.6 Å². The Hall–Kier alpha value is -0.0100. The van der Waals surface area contributed by atoms with Crippen molar-refractivity contribution in [2.75, 3.05) is 7.11 Å². The summed E-state index contributed by atoms with van der Waals surface area (Å²) in [5, 5.41) is 0. The van der Waals surface area contributed by atoms with Crippen LogP contribution in [0.15, 0.2) is 11.6 Å². The van der Waals surface area contributed by atoms with Gasteiger partial charge in [-0.05, 0) is 107 Å². The predicted octanol–water partition coefficient (Wildman–Crippen LogP) is 7.34. The molecule has 0 unspecified atom stereocenters. The van der Waals surface area contributed by atoms with Gasteiger partial charge in [-0.2, -0.15) is 0 Å². The van der Waals surface area contributed by atoms with Crippen molar-refractivity contribution < 1.29 is 4.74 Å². The van der Waals surface area contributed by atoms with Crippen LogP contribution >= 0.6 is 11.6 Å². The Kier molecular flexibility index (Phi) is 8.18. The van der Waals surface area contributed by atoms with E-state index >= 15 is 0 Å². The summed E-state index contributed by atoms with van der Waals surface area (Å²) in [5.41, 5.74) is 1.69. The second kappa shape index (κ2) is 10.4. The van der Waals surface area contributed by atoms with Gasteiger partial charge in [0.2, 0.25) is 0 Å². The van der Waals surface area contributed by atoms with E-state index in [1.54, 1.807) is 5.54 Å². The fraction of sp³-hybridized carbons (Fsp3) is 0.913. The number of ether oxygens (including phenoxy) is 1. The summed E-state index contributed by atoms with van der Waals surface area (Å²) in [6.07, 6.45) is 22.7. The number of halogens is 1. The molecule has 144 valence electrons. The maximum atomic E-state index is 5.64. The molecule has 25 heavy (non-hydrogen) atoms. The van der Waals surface area contributed by atoms with Gasteiger partial charge in [0, 0.05) is 12.6 Å². The van der Waals surface area contributed by atoms with Crippen LogP contribution in [0.4, 0.5) is 0 Å². The van der Waals surface area contributed by atoms with Crippen LogP contribution in [0.2, 0.25) is 0 Å². The molecule has 0 aromatic rings. The van der Waals surface area contributed by atoms with E-state index in [1.165, 1.54) is 89.9 Å². The molecule has 0 radical (unpaired) electrons. The van der Waals surface area contributed by atoms with Crippen LogP contribution in [-0.2, 0) is 4.74 Å². The second-order valence-electron chi connectivity index (χ2n) is 9.17. The maximum absolute atomic E-state index is 5.64. The molecule has 0 atom stereocenters. The number of methoxy groups -OCH3 is 1. The highest BCUT2D eigenvalue weighted by Gasteiger charge is 2.34. The molecule has 2 heteroatoms. The topological polar surface area (TPSA) is 9.23 Å². The highest BCUT2D eigenvalue weighted by molar-refractivity contribution is 6.25. The lowest BCUT2D eigenvalue weighted by Crippen LogP contribution is -2.30. The largest absolute Gasteiger partial charge is 0.381 e. The number of hydrogen-bond acceptors (Lipinski definition) is 1. The van der Waals surface area contributed by atoms with E-state index in [-0.39, 0.29) is 0 Å². The molecule has 3 fully saturated rings. The Morgan fingerprint density at radius 3 is 1.60 bits per heavy atom. The van der Waals surface area contributed by atoms with Crippen LogP contribution in [0.3, 0.4) is 0 Å². The zero-order chi connectivity index (χ0) is 17.5. The molecule has 1 nitrogen and oxygen atoms in total.